The van der Waals surface area contributed by atoms with Crippen LogP contribution >= 0.6 is 0 Å². The Bertz CT molecular complexity index is 1460. The first-order valence-corrected chi connectivity index (χ1v) is 18.7. The quantitative estimate of drug-likeness (QED) is 0.279. The molecule has 0 amide bonds. The topological polar surface area (TPSA) is 176 Å². The van der Waals surface area contributed by atoms with E-state index in [1.807, 2.05) is 51.8 Å². The molecular weight excluding hydrogens is 648 g/mol. The summed E-state index contributed by atoms with van der Waals surface area (Å²) in [5, 5.41) is 46.3. The van der Waals surface area contributed by atoms with Crippen LogP contribution in [-0.2, 0) is 33.3 Å². The molecule has 0 aromatic rings. The first-order chi connectivity index (χ1) is 23.4. The molecule has 0 bridgehead atoms. The van der Waals surface area contributed by atoms with E-state index in [2.05, 4.69) is 0 Å². The van der Waals surface area contributed by atoms with Crippen molar-refractivity contribution < 1.29 is 53.8 Å². The molecule has 3 heterocycles. The molecule has 5 saturated carbocycles. The van der Waals surface area contributed by atoms with Crippen molar-refractivity contribution in [1.29, 1.82) is 0 Å². The van der Waals surface area contributed by atoms with Crippen molar-refractivity contribution in [2.75, 3.05) is 54.5 Å². The van der Waals surface area contributed by atoms with Gasteiger partial charge in [-0.25, -0.2) is 0 Å². The first-order valence-electron chi connectivity index (χ1n) is 18.7. The molecule has 0 radical (unpaired) electrons. The van der Waals surface area contributed by atoms with Crippen LogP contribution in [0, 0.1) is 52.8 Å². The Kier molecular flexibility index (Phi) is 7.88. The summed E-state index contributed by atoms with van der Waals surface area (Å²) in [4.78, 5) is 46.4. The fourth-order valence-corrected chi connectivity index (χ4v) is 13.5. The number of ether oxygens (including phenoxy) is 4. The van der Waals surface area contributed by atoms with Gasteiger partial charge in [0.15, 0.2) is 5.79 Å². The van der Waals surface area contributed by atoms with E-state index in [1.54, 1.807) is 0 Å². The Morgan fingerprint density at radius 3 is 1.76 bits per heavy atom. The molecule has 15 atom stereocenters. The van der Waals surface area contributed by atoms with Gasteiger partial charge in [0.25, 0.3) is 0 Å². The Hall–Kier alpha value is -1.71. The van der Waals surface area contributed by atoms with Gasteiger partial charge in [-0.2, -0.15) is 0 Å². The van der Waals surface area contributed by atoms with Crippen LogP contribution in [0.4, 0.5) is 0 Å². The zero-order valence-electron chi connectivity index (χ0n) is 30.3. The number of carbonyl (C=O) groups excluding carboxylic acids is 3. The minimum absolute atomic E-state index is 0.0198. The van der Waals surface area contributed by atoms with E-state index >= 15 is 4.79 Å². The minimum Gasteiger partial charge on any atom is -0.461 e. The van der Waals surface area contributed by atoms with E-state index in [1.165, 1.54) is 0 Å². The van der Waals surface area contributed by atoms with Crippen LogP contribution in [0.1, 0.15) is 65.2 Å². The predicted molar refractivity (Wildman–Crippen MR) is 175 cm³/mol. The van der Waals surface area contributed by atoms with Crippen LogP contribution in [0.2, 0.25) is 0 Å². The van der Waals surface area contributed by atoms with Gasteiger partial charge in [0, 0.05) is 55.0 Å². The van der Waals surface area contributed by atoms with E-state index in [9.17, 15) is 30.0 Å². The second kappa shape index (κ2) is 11.2. The summed E-state index contributed by atoms with van der Waals surface area (Å²) in [6.07, 6.45) is 0.894. The molecule has 280 valence electrons. The average Bonchev–Trinajstić information content (AvgIpc) is 3.76. The second-order valence-corrected chi connectivity index (χ2v) is 18.4. The second-order valence-electron chi connectivity index (χ2n) is 18.4. The maximum atomic E-state index is 15.2. The number of hydrogen-bond acceptors (Lipinski definition) is 13. The summed E-state index contributed by atoms with van der Waals surface area (Å²) in [6.45, 7) is 3.53. The largest absolute Gasteiger partial charge is 0.461 e. The van der Waals surface area contributed by atoms with Gasteiger partial charge in [0.05, 0.1) is 41.7 Å². The normalized spacial score (nSPS) is 53.1. The van der Waals surface area contributed by atoms with Crippen molar-refractivity contribution in [1.82, 2.24) is 9.80 Å². The summed E-state index contributed by atoms with van der Waals surface area (Å²) in [7, 11) is 7.63. The summed E-state index contributed by atoms with van der Waals surface area (Å²) in [5.74, 6) is -5.97. The molecular formula is C37H56N2O11. The smallest absolute Gasteiger partial charge is 0.310 e. The minimum atomic E-state index is -1.58. The van der Waals surface area contributed by atoms with Crippen molar-refractivity contribution in [2.45, 2.75) is 106 Å². The third kappa shape index (κ3) is 4.32. The summed E-state index contributed by atoms with van der Waals surface area (Å²) < 4.78 is 27.0. The monoisotopic (exact) mass is 704 g/mol. The lowest BCUT2D eigenvalue weighted by molar-refractivity contribution is -0.230. The number of aliphatic hydroxyl groups excluding tert-OH is 2. The van der Waals surface area contributed by atoms with Gasteiger partial charge in [-0.05, 0) is 87.0 Å². The standard InChI is InChI=1S/C37H56N2O11/c1-32(2)49-36-12-11-35(25(42)13-23-26(35)28-19(7-9-33(23,45)17-40)21(15-38(3)4)30(43)47-28)37(36,50-32)14-24-27(36)29-20(8-10-34(24,46)18-41)22(16-39(5)6)31(44)48-29/h19-24,26-29,40-41,45-46H,7-18H2,1-6H3/t19-,20-,21?,22?,23?,24+,26?,27-,28-,29-,33?,34?,35+,36-,37-/m0/s1. The number of aliphatic hydroxyl groups is 4. The van der Waals surface area contributed by atoms with Gasteiger partial charge < -0.3 is 49.2 Å². The number of carbonyl (C=O) groups is 3. The zero-order valence-corrected chi connectivity index (χ0v) is 30.3. The van der Waals surface area contributed by atoms with Crippen molar-refractivity contribution in [3.63, 3.8) is 0 Å². The summed E-state index contributed by atoms with van der Waals surface area (Å²) in [5.41, 5.74) is -7.00. The van der Waals surface area contributed by atoms with E-state index in [0.717, 1.165) is 0 Å². The lowest BCUT2D eigenvalue weighted by atomic mass is 9.58. The number of esters is 2. The van der Waals surface area contributed by atoms with Crippen molar-refractivity contribution in [3.8, 4) is 0 Å². The number of ketones is 1. The van der Waals surface area contributed by atoms with E-state index in [0.29, 0.717) is 38.8 Å². The van der Waals surface area contributed by atoms with Crippen LogP contribution < -0.4 is 0 Å². The molecule has 8 fully saturated rings. The van der Waals surface area contributed by atoms with Crippen LogP contribution in [0.5, 0.6) is 0 Å². The number of hydrogen-bond donors (Lipinski definition) is 4. The van der Waals surface area contributed by atoms with Crippen LogP contribution in [0.15, 0.2) is 0 Å². The van der Waals surface area contributed by atoms with Crippen molar-refractivity contribution in [2.24, 2.45) is 52.8 Å². The Labute approximate surface area is 293 Å². The van der Waals surface area contributed by atoms with Gasteiger partial charge in [-0.3, -0.25) is 14.4 Å². The van der Waals surface area contributed by atoms with E-state index in [-0.39, 0.29) is 55.2 Å². The highest BCUT2D eigenvalue weighted by atomic mass is 16.8. The molecule has 13 nitrogen and oxygen atoms in total. The van der Waals surface area contributed by atoms with E-state index in [4.69, 9.17) is 18.9 Å². The molecule has 0 aromatic heterocycles. The van der Waals surface area contributed by atoms with Crippen LogP contribution in [-0.4, -0.2) is 143 Å². The lowest BCUT2D eigenvalue weighted by Gasteiger charge is -2.49. The highest BCUT2D eigenvalue weighted by Gasteiger charge is 2.90. The molecule has 8 rings (SSSR count). The highest BCUT2D eigenvalue weighted by molar-refractivity contribution is 5.91. The molecule has 0 aromatic carbocycles. The molecule has 8 aliphatic rings. The highest BCUT2D eigenvalue weighted by Crippen LogP contribution is 2.80. The lowest BCUT2D eigenvalue weighted by Crippen LogP contribution is -2.62. The van der Waals surface area contributed by atoms with E-state index < -0.39 is 94.5 Å². The fraction of sp³-hybridized carbons (Fsp3) is 0.919. The summed E-state index contributed by atoms with van der Waals surface area (Å²) in [6, 6.07) is 0. The predicted octanol–water partition coefficient (Wildman–Crippen LogP) is 0.342. The maximum Gasteiger partial charge on any atom is 0.310 e. The van der Waals surface area contributed by atoms with Gasteiger partial charge >= 0.3 is 11.9 Å². The van der Waals surface area contributed by atoms with Crippen LogP contribution in [0.25, 0.3) is 0 Å². The molecule has 5 aliphatic carbocycles. The van der Waals surface area contributed by atoms with Crippen molar-refractivity contribution in [3.05, 3.63) is 0 Å². The Balaban J connectivity index is 1.32. The molecule has 50 heavy (non-hydrogen) atoms. The third-order valence-corrected chi connectivity index (χ3v) is 15.1. The number of rotatable bonds is 6. The Morgan fingerprint density at radius 2 is 1.24 bits per heavy atom. The molecule has 1 spiro atoms. The number of fused-ring (bicyclic) bond motifs is 7. The molecule has 13 heteroatoms. The number of Topliss-reactive ketones (excluding diaryl/α,β-unsaturated/α-hetero) is 1. The summed E-state index contributed by atoms with van der Waals surface area (Å²) >= 11 is 0. The van der Waals surface area contributed by atoms with Gasteiger partial charge in [0.2, 0.25) is 0 Å². The van der Waals surface area contributed by atoms with Gasteiger partial charge in [0.1, 0.15) is 29.2 Å². The molecule has 3 aliphatic heterocycles. The van der Waals surface area contributed by atoms with Gasteiger partial charge in [-0.1, -0.05) is 0 Å². The first kappa shape index (κ1) is 35.3. The molecule has 6 unspecified atom stereocenters. The Morgan fingerprint density at radius 1 is 0.720 bits per heavy atom. The SMILES string of the molecule is CN(C)CC1C(=O)O[C@@H]2[C@@H]3[C@@H](C[C@@]45OC(C)(C)O[C@@]34CC[C@]53C(=O)CC4C3[C@H]3OC(=O)C(CN(C)C)[C@@H]3CCC4(O)CO)C(O)(CO)CC[C@@H]12. The maximum absolute atomic E-state index is 15.2. The third-order valence-electron chi connectivity index (χ3n) is 15.1. The average molecular weight is 705 g/mol. The van der Waals surface area contributed by atoms with Gasteiger partial charge in [-0.15, -0.1) is 0 Å². The molecule has 3 saturated heterocycles. The zero-order chi connectivity index (χ0) is 36.0. The molecule has 4 N–H and O–H groups in total. The fourth-order valence-electron chi connectivity index (χ4n) is 13.5. The number of nitrogens with zero attached hydrogens (tertiary/aromatic N) is 2. The van der Waals surface area contributed by atoms with Crippen LogP contribution in [0.3, 0.4) is 0 Å². The van der Waals surface area contributed by atoms with Crippen molar-refractivity contribution >= 4 is 17.7 Å².